The summed E-state index contributed by atoms with van der Waals surface area (Å²) in [6.45, 7) is 5.60. The van der Waals surface area contributed by atoms with Gasteiger partial charge in [0.05, 0.1) is 6.04 Å². The van der Waals surface area contributed by atoms with Crippen molar-refractivity contribution in [1.29, 1.82) is 0 Å². The average Bonchev–Trinajstić information content (AvgIpc) is 2.75. The molecular weight excluding hydrogens is 180 g/mol. The maximum Gasteiger partial charge on any atom is 0.110 e. The van der Waals surface area contributed by atoms with Crippen molar-refractivity contribution in [1.82, 2.24) is 10.3 Å². The molecule has 1 aromatic heterocycles. The lowest BCUT2D eigenvalue weighted by Crippen LogP contribution is -2.12. The molecule has 1 saturated heterocycles. The second kappa shape index (κ2) is 3.76. The minimum absolute atomic E-state index is 0.539. The van der Waals surface area contributed by atoms with Crippen LogP contribution in [0.15, 0.2) is 6.20 Å². The highest BCUT2D eigenvalue weighted by molar-refractivity contribution is 7.11. The first kappa shape index (κ1) is 9.16. The molecular formula is C10H16N2S. The van der Waals surface area contributed by atoms with Crippen molar-refractivity contribution in [3.63, 3.8) is 0 Å². The molecule has 1 N–H and O–H groups in total. The van der Waals surface area contributed by atoms with Crippen LogP contribution in [0.2, 0.25) is 0 Å². The van der Waals surface area contributed by atoms with Gasteiger partial charge in [-0.25, -0.2) is 4.98 Å². The molecule has 72 valence electrons. The number of nitrogens with one attached hydrogen (secondary N) is 1. The second-order valence-corrected chi connectivity index (χ2v) is 5.00. The fourth-order valence-electron chi connectivity index (χ4n) is 1.62. The Morgan fingerprint density at radius 3 is 3.00 bits per heavy atom. The Morgan fingerprint density at radius 2 is 2.46 bits per heavy atom. The third kappa shape index (κ3) is 1.92. The van der Waals surface area contributed by atoms with Crippen LogP contribution in [0.25, 0.3) is 0 Å². The summed E-state index contributed by atoms with van der Waals surface area (Å²) in [5.41, 5.74) is 0. The molecule has 2 nitrogen and oxygen atoms in total. The fourth-order valence-corrected chi connectivity index (χ4v) is 2.66. The molecule has 0 aliphatic carbocycles. The first-order valence-corrected chi connectivity index (χ1v) is 5.78. The summed E-state index contributed by atoms with van der Waals surface area (Å²) in [5, 5.41) is 4.75. The summed E-state index contributed by atoms with van der Waals surface area (Å²) in [7, 11) is 0. The molecule has 13 heavy (non-hydrogen) atoms. The predicted molar refractivity (Wildman–Crippen MR) is 56.2 cm³/mol. The number of thiazole rings is 1. The molecule has 1 atom stereocenters. The Morgan fingerprint density at radius 1 is 1.62 bits per heavy atom. The topological polar surface area (TPSA) is 24.9 Å². The third-order valence-corrected chi connectivity index (χ3v) is 3.88. The Balaban J connectivity index is 2.12. The smallest absolute Gasteiger partial charge is 0.110 e. The van der Waals surface area contributed by atoms with Crippen molar-refractivity contribution in [2.75, 3.05) is 6.54 Å². The van der Waals surface area contributed by atoms with Gasteiger partial charge in [-0.05, 0) is 25.3 Å². The van der Waals surface area contributed by atoms with Crippen molar-refractivity contribution in [3.05, 3.63) is 16.1 Å². The van der Waals surface area contributed by atoms with Crippen LogP contribution in [0.1, 0.15) is 48.5 Å². The van der Waals surface area contributed by atoms with E-state index in [2.05, 4.69) is 24.1 Å². The van der Waals surface area contributed by atoms with Crippen LogP contribution < -0.4 is 5.32 Å². The maximum absolute atomic E-state index is 4.48. The quantitative estimate of drug-likeness (QED) is 0.786. The standard InChI is InChI=1S/C10H16N2S/c1-7(2)9-6-12-10(13-9)8-4-3-5-11-8/h6-8,11H,3-5H2,1-2H3. The molecule has 0 saturated carbocycles. The van der Waals surface area contributed by atoms with Crippen LogP contribution in [-0.2, 0) is 0 Å². The molecule has 1 aromatic rings. The van der Waals surface area contributed by atoms with E-state index in [1.807, 2.05) is 17.5 Å². The normalized spacial score (nSPS) is 22.8. The van der Waals surface area contributed by atoms with Gasteiger partial charge in [-0.1, -0.05) is 13.8 Å². The van der Waals surface area contributed by atoms with Gasteiger partial charge in [-0.3, -0.25) is 0 Å². The van der Waals surface area contributed by atoms with E-state index in [0.29, 0.717) is 12.0 Å². The lowest BCUT2D eigenvalue weighted by atomic mass is 10.2. The molecule has 2 rings (SSSR count). The van der Waals surface area contributed by atoms with Crippen LogP contribution in [0, 0.1) is 0 Å². The summed E-state index contributed by atoms with van der Waals surface area (Å²) in [5.74, 6) is 0.618. The minimum atomic E-state index is 0.539. The minimum Gasteiger partial charge on any atom is -0.308 e. The average molecular weight is 196 g/mol. The largest absolute Gasteiger partial charge is 0.308 e. The molecule has 0 spiro atoms. The van der Waals surface area contributed by atoms with E-state index in [-0.39, 0.29) is 0 Å². The monoisotopic (exact) mass is 196 g/mol. The lowest BCUT2D eigenvalue weighted by Gasteiger charge is -2.04. The van der Waals surface area contributed by atoms with Gasteiger partial charge in [0, 0.05) is 11.1 Å². The lowest BCUT2D eigenvalue weighted by molar-refractivity contribution is 0.643. The van der Waals surface area contributed by atoms with E-state index in [1.165, 1.54) is 22.7 Å². The number of aromatic nitrogens is 1. The number of hydrogen-bond acceptors (Lipinski definition) is 3. The van der Waals surface area contributed by atoms with E-state index < -0.39 is 0 Å². The van der Waals surface area contributed by atoms with Crippen molar-refractivity contribution < 1.29 is 0 Å². The van der Waals surface area contributed by atoms with Crippen LogP contribution in [0.3, 0.4) is 0 Å². The Bertz CT molecular complexity index is 274. The molecule has 3 heteroatoms. The highest BCUT2D eigenvalue weighted by Crippen LogP contribution is 2.29. The second-order valence-electron chi connectivity index (χ2n) is 3.90. The van der Waals surface area contributed by atoms with E-state index >= 15 is 0 Å². The molecule has 1 aliphatic rings. The Hall–Kier alpha value is -0.410. The van der Waals surface area contributed by atoms with Gasteiger partial charge in [-0.2, -0.15) is 0 Å². The molecule has 0 amide bonds. The Labute approximate surface area is 83.4 Å². The summed E-state index contributed by atoms with van der Waals surface area (Å²) in [6.07, 6.45) is 4.58. The SMILES string of the molecule is CC(C)c1cnc(C2CCCN2)s1. The van der Waals surface area contributed by atoms with Gasteiger partial charge in [0.2, 0.25) is 0 Å². The van der Waals surface area contributed by atoms with Crippen molar-refractivity contribution in [3.8, 4) is 0 Å². The first-order valence-electron chi connectivity index (χ1n) is 4.96. The van der Waals surface area contributed by atoms with Crippen molar-refractivity contribution in [2.24, 2.45) is 0 Å². The van der Waals surface area contributed by atoms with E-state index in [4.69, 9.17) is 0 Å². The molecule has 1 unspecified atom stereocenters. The number of nitrogens with zero attached hydrogens (tertiary/aromatic N) is 1. The summed E-state index contributed by atoms with van der Waals surface area (Å²) in [6, 6.07) is 0.539. The molecule has 1 fully saturated rings. The van der Waals surface area contributed by atoms with Gasteiger partial charge in [0.25, 0.3) is 0 Å². The van der Waals surface area contributed by atoms with Gasteiger partial charge in [0.15, 0.2) is 0 Å². The van der Waals surface area contributed by atoms with Gasteiger partial charge in [0.1, 0.15) is 5.01 Å². The van der Waals surface area contributed by atoms with Crippen LogP contribution >= 0.6 is 11.3 Å². The zero-order chi connectivity index (χ0) is 9.26. The molecule has 1 aliphatic heterocycles. The van der Waals surface area contributed by atoms with Crippen LogP contribution in [0.4, 0.5) is 0 Å². The number of rotatable bonds is 2. The summed E-state index contributed by atoms with van der Waals surface area (Å²) in [4.78, 5) is 5.88. The van der Waals surface area contributed by atoms with Crippen LogP contribution in [-0.4, -0.2) is 11.5 Å². The van der Waals surface area contributed by atoms with Gasteiger partial charge >= 0.3 is 0 Å². The number of hydrogen-bond donors (Lipinski definition) is 1. The summed E-state index contributed by atoms with van der Waals surface area (Å²) >= 11 is 1.86. The summed E-state index contributed by atoms with van der Waals surface area (Å²) < 4.78 is 0. The maximum atomic E-state index is 4.48. The van der Waals surface area contributed by atoms with E-state index in [0.717, 1.165) is 6.54 Å². The van der Waals surface area contributed by atoms with Crippen molar-refractivity contribution in [2.45, 2.75) is 38.6 Å². The fraction of sp³-hybridized carbons (Fsp3) is 0.700. The predicted octanol–water partition coefficient (Wildman–Crippen LogP) is 2.69. The highest BCUT2D eigenvalue weighted by atomic mass is 32.1. The first-order chi connectivity index (χ1) is 6.27. The third-order valence-electron chi connectivity index (χ3n) is 2.47. The molecule has 0 aromatic carbocycles. The van der Waals surface area contributed by atoms with E-state index in [9.17, 15) is 0 Å². The van der Waals surface area contributed by atoms with Gasteiger partial charge in [-0.15, -0.1) is 11.3 Å². The zero-order valence-corrected chi connectivity index (χ0v) is 9.03. The Kier molecular flexibility index (Phi) is 2.65. The molecule has 2 heterocycles. The van der Waals surface area contributed by atoms with Gasteiger partial charge < -0.3 is 5.32 Å². The highest BCUT2D eigenvalue weighted by Gasteiger charge is 2.19. The van der Waals surface area contributed by atoms with Crippen molar-refractivity contribution >= 4 is 11.3 Å². The van der Waals surface area contributed by atoms with Crippen LogP contribution in [0.5, 0.6) is 0 Å². The molecule has 0 radical (unpaired) electrons. The van der Waals surface area contributed by atoms with E-state index in [1.54, 1.807) is 0 Å². The zero-order valence-electron chi connectivity index (χ0n) is 8.21. The molecule has 0 bridgehead atoms.